The molecule has 2 aromatic rings. The average molecular weight is 460 g/mol. The van der Waals surface area contributed by atoms with Crippen LogP contribution in [0, 0.1) is 11.8 Å². The van der Waals surface area contributed by atoms with Gasteiger partial charge in [-0.3, -0.25) is 29.6 Å². The Bertz CT molecular complexity index is 1170. The number of rotatable bonds is 4. The number of hydrogen-bond donors (Lipinski definition) is 1. The number of nitrogens with one attached hydrogen (secondary N) is 1. The van der Waals surface area contributed by atoms with Crippen molar-refractivity contribution < 1.29 is 14.4 Å². The Morgan fingerprint density at radius 1 is 1.03 bits per heavy atom. The Labute approximate surface area is 198 Å². The van der Waals surface area contributed by atoms with E-state index in [9.17, 15) is 14.4 Å². The summed E-state index contributed by atoms with van der Waals surface area (Å²) in [7, 11) is 2.21. The SMILES string of the molecule is CN1C[C@@H]2CN(Cc3ccnc(-c4ccc5c(c4)CN(C4CCC(=O)NC4=O)C5=O)c3)C[C@@H]2C1. The van der Waals surface area contributed by atoms with Crippen molar-refractivity contribution in [3.8, 4) is 11.3 Å². The van der Waals surface area contributed by atoms with Gasteiger partial charge in [-0.2, -0.15) is 0 Å². The van der Waals surface area contributed by atoms with E-state index >= 15 is 0 Å². The van der Waals surface area contributed by atoms with Crippen molar-refractivity contribution in [1.29, 1.82) is 0 Å². The number of imide groups is 1. The Hall–Kier alpha value is -3.10. The summed E-state index contributed by atoms with van der Waals surface area (Å²) in [4.78, 5) is 47.9. The van der Waals surface area contributed by atoms with Crippen LogP contribution in [0.3, 0.4) is 0 Å². The molecule has 0 aliphatic carbocycles. The molecule has 8 heteroatoms. The number of carbonyl (C=O) groups is 3. The lowest BCUT2D eigenvalue weighted by atomic mass is 10.0. The van der Waals surface area contributed by atoms with Gasteiger partial charge in [0.15, 0.2) is 0 Å². The van der Waals surface area contributed by atoms with Crippen LogP contribution in [0.25, 0.3) is 11.3 Å². The summed E-state index contributed by atoms with van der Waals surface area (Å²) < 4.78 is 0. The number of hydrogen-bond acceptors (Lipinski definition) is 6. The molecular formula is C26H29N5O3. The Balaban J connectivity index is 1.17. The molecule has 0 bridgehead atoms. The number of nitrogens with zero attached hydrogens (tertiary/aromatic N) is 4. The fraction of sp³-hybridized carbons (Fsp3) is 0.462. The highest BCUT2D eigenvalue weighted by molar-refractivity contribution is 6.05. The van der Waals surface area contributed by atoms with E-state index in [1.807, 2.05) is 24.4 Å². The summed E-state index contributed by atoms with van der Waals surface area (Å²) in [6.45, 7) is 6.02. The van der Waals surface area contributed by atoms with E-state index in [1.54, 1.807) is 4.90 Å². The second-order valence-electron chi connectivity index (χ2n) is 10.3. The van der Waals surface area contributed by atoms with Gasteiger partial charge in [-0.1, -0.05) is 6.07 Å². The molecule has 4 aliphatic rings. The minimum absolute atomic E-state index is 0.150. The van der Waals surface area contributed by atoms with Crippen LogP contribution in [0.15, 0.2) is 36.5 Å². The zero-order valence-electron chi connectivity index (χ0n) is 19.4. The minimum Gasteiger partial charge on any atom is -0.322 e. The quantitative estimate of drug-likeness (QED) is 0.698. The Morgan fingerprint density at radius 3 is 2.59 bits per heavy atom. The third-order valence-electron chi connectivity index (χ3n) is 7.79. The van der Waals surface area contributed by atoms with E-state index in [0.29, 0.717) is 18.5 Å². The molecule has 4 aliphatic heterocycles. The molecule has 8 nitrogen and oxygen atoms in total. The van der Waals surface area contributed by atoms with Gasteiger partial charge >= 0.3 is 0 Å². The fourth-order valence-electron chi connectivity index (χ4n) is 6.18. The molecule has 1 aromatic carbocycles. The van der Waals surface area contributed by atoms with Crippen molar-refractivity contribution in [3.63, 3.8) is 0 Å². The Morgan fingerprint density at radius 2 is 1.82 bits per heavy atom. The molecule has 3 saturated heterocycles. The van der Waals surface area contributed by atoms with Crippen LogP contribution in [0.2, 0.25) is 0 Å². The topological polar surface area (TPSA) is 85.8 Å². The largest absolute Gasteiger partial charge is 0.322 e. The van der Waals surface area contributed by atoms with Crippen molar-refractivity contribution in [3.05, 3.63) is 53.2 Å². The number of piperidine rings is 1. The molecule has 0 spiro atoms. The number of amides is 3. The van der Waals surface area contributed by atoms with E-state index < -0.39 is 6.04 Å². The summed E-state index contributed by atoms with van der Waals surface area (Å²) in [5.41, 5.74) is 4.64. The lowest BCUT2D eigenvalue weighted by molar-refractivity contribution is -0.136. The summed E-state index contributed by atoms with van der Waals surface area (Å²) in [6, 6.07) is 9.43. The highest BCUT2D eigenvalue weighted by atomic mass is 16.2. The molecule has 1 unspecified atom stereocenters. The number of likely N-dealkylation sites (tertiary alicyclic amines) is 2. The molecule has 1 aromatic heterocycles. The molecule has 3 fully saturated rings. The highest BCUT2D eigenvalue weighted by Crippen LogP contribution is 2.33. The molecule has 0 saturated carbocycles. The van der Waals surface area contributed by atoms with Gasteiger partial charge in [0.05, 0.1) is 5.69 Å². The van der Waals surface area contributed by atoms with Crippen LogP contribution in [-0.4, -0.2) is 76.7 Å². The van der Waals surface area contributed by atoms with E-state index in [2.05, 4.69) is 39.3 Å². The van der Waals surface area contributed by atoms with Crippen LogP contribution < -0.4 is 5.32 Å². The Kier molecular flexibility index (Phi) is 5.22. The third kappa shape index (κ3) is 3.80. The average Bonchev–Trinajstić information content (AvgIpc) is 3.44. The second-order valence-corrected chi connectivity index (χ2v) is 10.3. The number of pyridine rings is 1. The van der Waals surface area contributed by atoms with Gasteiger partial charge in [-0.05, 0) is 60.7 Å². The van der Waals surface area contributed by atoms with E-state index in [4.69, 9.17) is 0 Å². The standard InChI is InChI=1S/C26H29N5O3/c1-29-11-19-13-30(14-20(19)12-29)10-16-6-7-27-22(8-16)17-2-3-21-18(9-17)15-31(26(21)34)23-4-5-24(32)28-25(23)33/h2-3,6-9,19-20,23H,4-5,10-15H2,1H3,(H,28,32,33)/t19-,20+,23?. The summed E-state index contributed by atoms with van der Waals surface area (Å²) >= 11 is 0. The summed E-state index contributed by atoms with van der Waals surface area (Å²) in [5.74, 6) is 0.761. The smallest absolute Gasteiger partial charge is 0.255 e. The maximum absolute atomic E-state index is 13.0. The molecule has 1 N–H and O–H groups in total. The van der Waals surface area contributed by atoms with Gasteiger partial charge in [0.2, 0.25) is 11.8 Å². The molecule has 3 atom stereocenters. The fourth-order valence-corrected chi connectivity index (χ4v) is 6.18. The highest BCUT2D eigenvalue weighted by Gasteiger charge is 2.40. The first kappa shape index (κ1) is 21.4. The number of carbonyl (C=O) groups excluding carboxylic acids is 3. The van der Waals surface area contributed by atoms with Crippen LogP contribution in [-0.2, 0) is 22.7 Å². The van der Waals surface area contributed by atoms with E-state index in [-0.39, 0.29) is 24.1 Å². The molecule has 3 amide bonds. The first-order chi connectivity index (χ1) is 16.4. The van der Waals surface area contributed by atoms with Crippen LogP contribution >= 0.6 is 0 Å². The summed E-state index contributed by atoms with van der Waals surface area (Å²) in [5, 5.41) is 2.35. The predicted molar refractivity (Wildman–Crippen MR) is 125 cm³/mol. The molecule has 6 rings (SSSR count). The third-order valence-corrected chi connectivity index (χ3v) is 7.79. The lowest BCUT2D eigenvalue weighted by Gasteiger charge is -2.29. The molecule has 0 radical (unpaired) electrons. The van der Waals surface area contributed by atoms with Gasteiger partial charge in [0, 0.05) is 63.0 Å². The maximum atomic E-state index is 13.0. The number of fused-ring (bicyclic) bond motifs is 2. The summed E-state index contributed by atoms with van der Waals surface area (Å²) in [6.07, 6.45) is 2.49. The first-order valence-electron chi connectivity index (χ1n) is 12.1. The van der Waals surface area contributed by atoms with Crippen LogP contribution in [0.4, 0.5) is 0 Å². The molecule has 176 valence electrons. The van der Waals surface area contributed by atoms with Gasteiger partial charge in [-0.15, -0.1) is 0 Å². The van der Waals surface area contributed by atoms with Crippen LogP contribution in [0.1, 0.15) is 34.3 Å². The second kappa shape index (κ2) is 8.29. The van der Waals surface area contributed by atoms with E-state index in [1.165, 1.54) is 18.7 Å². The minimum atomic E-state index is -0.595. The monoisotopic (exact) mass is 459 g/mol. The number of aromatic nitrogens is 1. The van der Waals surface area contributed by atoms with E-state index in [0.717, 1.165) is 48.3 Å². The predicted octanol–water partition coefficient (Wildman–Crippen LogP) is 1.50. The molecular weight excluding hydrogens is 430 g/mol. The molecule has 5 heterocycles. The van der Waals surface area contributed by atoms with Gasteiger partial charge in [-0.25, -0.2) is 0 Å². The number of benzene rings is 1. The van der Waals surface area contributed by atoms with Gasteiger partial charge in [0.1, 0.15) is 6.04 Å². The van der Waals surface area contributed by atoms with Gasteiger partial charge in [0.25, 0.3) is 5.91 Å². The molecule has 34 heavy (non-hydrogen) atoms. The van der Waals surface area contributed by atoms with Crippen molar-refractivity contribution in [2.75, 3.05) is 33.2 Å². The van der Waals surface area contributed by atoms with Crippen molar-refractivity contribution in [2.24, 2.45) is 11.8 Å². The van der Waals surface area contributed by atoms with Crippen LogP contribution in [0.5, 0.6) is 0 Å². The zero-order valence-corrected chi connectivity index (χ0v) is 19.4. The maximum Gasteiger partial charge on any atom is 0.255 e. The zero-order chi connectivity index (χ0) is 23.4. The van der Waals surface area contributed by atoms with Gasteiger partial charge < -0.3 is 9.80 Å². The van der Waals surface area contributed by atoms with Crippen molar-refractivity contribution in [1.82, 2.24) is 25.0 Å². The van der Waals surface area contributed by atoms with Crippen molar-refractivity contribution in [2.45, 2.75) is 32.0 Å². The van der Waals surface area contributed by atoms with Crippen molar-refractivity contribution >= 4 is 17.7 Å². The normalized spacial score (nSPS) is 27.3. The first-order valence-corrected chi connectivity index (χ1v) is 12.1. The lowest BCUT2D eigenvalue weighted by Crippen LogP contribution is -2.52.